The summed E-state index contributed by atoms with van der Waals surface area (Å²) >= 11 is 0. The highest BCUT2D eigenvalue weighted by atomic mass is 19.1. The Morgan fingerprint density at radius 1 is 1.32 bits per heavy atom. The standard InChI is InChI=1S/C13H15F2N3O/c1-9-7-11(15)12(8-10(9)14)17-13-16-3-4-18(13)5-6-19-2/h3-4,7-8H,5-6H2,1-2H3,(H,16,17). The number of rotatable bonds is 5. The molecule has 0 radical (unpaired) electrons. The Kier molecular flexibility index (Phi) is 4.11. The van der Waals surface area contributed by atoms with Gasteiger partial charge in [0.15, 0.2) is 0 Å². The van der Waals surface area contributed by atoms with Gasteiger partial charge < -0.3 is 14.6 Å². The highest BCUT2D eigenvalue weighted by Gasteiger charge is 2.10. The fourth-order valence-electron chi connectivity index (χ4n) is 1.67. The Balaban J connectivity index is 2.21. The Morgan fingerprint density at radius 3 is 2.84 bits per heavy atom. The molecule has 0 spiro atoms. The summed E-state index contributed by atoms with van der Waals surface area (Å²) in [6.07, 6.45) is 3.32. The molecule has 1 N–H and O–H groups in total. The number of nitrogens with zero attached hydrogens (tertiary/aromatic N) is 2. The number of aromatic nitrogens is 2. The smallest absolute Gasteiger partial charge is 0.207 e. The summed E-state index contributed by atoms with van der Waals surface area (Å²) in [7, 11) is 1.60. The van der Waals surface area contributed by atoms with Crippen molar-refractivity contribution in [2.45, 2.75) is 13.5 Å². The Bertz CT molecular complexity index is 569. The highest BCUT2D eigenvalue weighted by Crippen LogP contribution is 2.22. The van der Waals surface area contributed by atoms with E-state index in [-0.39, 0.29) is 11.3 Å². The summed E-state index contributed by atoms with van der Waals surface area (Å²) in [5.74, 6) is -0.529. The van der Waals surface area contributed by atoms with Crippen molar-refractivity contribution in [2.75, 3.05) is 19.0 Å². The number of ether oxygens (including phenoxy) is 1. The SMILES string of the molecule is COCCn1ccnc1Nc1cc(F)c(C)cc1F. The first-order chi connectivity index (χ1) is 9.11. The van der Waals surface area contributed by atoms with Gasteiger partial charge in [0.2, 0.25) is 5.95 Å². The van der Waals surface area contributed by atoms with Crippen molar-refractivity contribution in [1.29, 1.82) is 0 Å². The number of hydrogen-bond acceptors (Lipinski definition) is 3. The van der Waals surface area contributed by atoms with Crippen LogP contribution in [-0.4, -0.2) is 23.3 Å². The molecule has 0 amide bonds. The fourth-order valence-corrected chi connectivity index (χ4v) is 1.67. The van der Waals surface area contributed by atoms with Crippen molar-refractivity contribution in [3.05, 3.63) is 41.7 Å². The molecule has 102 valence electrons. The predicted octanol–water partition coefficient (Wildman–Crippen LogP) is 2.86. The second-order valence-electron chi connectivity index (χ2n) is 4.14. The van der Waals surface area contributed by atoms with Crippen LogP contribution in [0, 0.1) is 18.6 Å². The van der Waals surface area contributed by atoms with Gasteiger partial charge in [-0.15, -0.1) is 0 Å². The molecule has 2 rings (SSSR count). The van der Waals surface area contributed by atoms with Gasteiger partial charge in [0.05, 0.1) is 12.3 Å². The summed E-state index contributed by atoms with van der Waals surface area (Å²) in [5.41, 5.74) is 0.332. The molecule has 0 unspecified atom stereocenters. The maximum absolute atomic E-state index is 13.7. The van der Waals surface area contributed by atoms with E-state index in [0.29, 0.717) is 19.1 Å². The van der Waals surface area contributed by atoms with E-state index in [9.17, 15) is 8.78 Å². The average Bonchev–Trinajstić information content (AvgIpc) is 2.81. The van der Waals surface area contributed by atoms with Crippen LogP contribution in [-0.2, 0) is 11.3 Å². The van der Waals surface area contributed by atoms with Gasteiger partial charge in [0.1, 0.15) is 11.6 Å². The van der Waals surface area contributed by atoms with Gasteiger partial charge >= 0.3 is 0 Å². The Labute approximate surface area is 110 Å². The first-order valence-corrected chi connectivity index (χ1v) is 5.84. The van der Waals surface area contributed by atoms with Crippen molar-refractivity contribution in [3.63, 3.8) is 0 Å². The van der Waals surface area contributed by atoms with E-state index >= 15 is 0 Å². The molecule has 2 aromatic rings. The fraction of sp³-hybridized carbons (Fsp3) is 0.308. The highest BCUT2D eigenvalue weighted by molar-refractivity contribution is 5.55. The summed E-state index contributed by atoms with van der Waals surface area (Å²) in [5, 5.41) is 2.78. The normalized spacial score (nSPS) is 10.7. The van der Waals surface area contributed by atoms with E-state index in [0.717, 1.165) is 12.1 Å². The second-order valence-corrected chi connectivity index (χ2v) is 4.14. The van der Waals surface area contributed by atoms with Crippen LogP contribution in [0.5, 0.6) is 0 Å². The summed E-state index contributed by atoms with van der Waals surface area (Å²) in [6, 6.07) is 2.28. The molecule has 1 aromatic heterocycles. The lowest BCUT2D eigenvalue weighted by atomic mass is 10.2. The van der Waals surface area contributed by atoms with E-state index in [1.54, 1.807) is 24.1 Å². The number of anilines is 2. The third kappa shape index (κ3) is 3.08. The van der Waals surface area contributed by atoms with Gasteiger partial charge in [-0.25, -0.2) is 13.8 Å². The molecule has 0 aliphatic heterocycles. The monoisotopic (exact) mass is 267 g/mol. The van der Waals surface area contributed by atoms with Crippen LogP contribution in [0.4, 0.5) is 20.4 Å². The third-order valence-corrected chi connectivity index (χ3v) is 2.75. The maximum Gasteiger partial charge on any atom is 0.207 e. The third-order valence-electron chi connectivity index (χ3n) is 2.75. The lowest BCUT2D eigenvalue weighted by Crippen LogP contribution is -2.08. The maximum atomic E-state index is 13.7. The lowest BCUT2D eigenvalue weighted by molar-refractivity contribution is 0.188. The van der Waals surface area contributed by atoms with Crippen LogP contribution in [0.25, 0.3) is 0 Å². The minimum Gasteiger partial charge on any atom is -0.383 e. The summed E-state index contributed by atoms with van der Waals surface area (Å²) in [6.45, 7) is 2.60. The molecule has 0 saturated heterocycles. The van der Waals surface area contributed by atoms with Gasteiger partial charge in [-0.3, -0.25) is 0 Å². The van der Waals surface area contributed by atoms with Crippen LogP contribution >= 0.6 is 0 Å². The second kappa shape index (κ2) is 5.79. The van der Waals surface area contributed by atoms with Gasteiger partial charge in [0, 0.05) is 32.1 Å². The van der Waals surface area contributed by atoms with E-state index in [1.807, 2.05) is 0 Å². The van der Waals surface area contributed by atoms with Crippen molar-refractivity contribution >= 4 is 11.6 Å². The van der Waals surface area contributed by atoms with Crippen LogP contribution in [0.3, 0.4) is 0 Å². The van der Waals surface area contributed by atoms with Crippen LogP contribution in [0.2, 0.25) is 0 Å². The number of imidazole rings is 1. The molecule has 0 saturated carbocycles. The van der Waals surface area contributed by atoms with Crippen molar-refractivity contribution < 1.29 is 13.5 Å². The number of halogens is 2. The van der Waals surface area contributed by atoms with Gasteiger partial charge in [-0.2, -0.15) is 0 Å². The molecule has 0 aliphatic rings. The number of methoxy groups -OCH3 is 1. The Hall–Kier alpha value is -1.95. The molecule has 6 heteroatoms. The lowest BCUT2D eigenvalue weighted by Gasteiger charge is -2.11. The zero-order chi connectivity index (χ0) is 13.8. The number of benzene rings is 1. The molecule has 0 bridgehead atoms. The molecule has 1 aromatic carbocycles. The molecule has 0 fully saturated rings. The van der Waals surface area contributed by atoms with Gasteiger partial charge in [0.25, 0.3) is 0 Å². The van der Waals surface area contributed by atoms with Crippen LogP contribution in [0.15, 0.2) is 24.5 Å². The molecule has 4 nitrogen and oxygen atoms in total. The first-order valence-electron chi connectivity index (χ1n) is 5.84. The average molecular weight is 267 g/mol. The van der Waals surface area contributed by atoms with E-state index in [4.69, 9.17) is 4.74 Å². The van der Waals surface area contributed by atoms with Crippen LogP contribution in [0.1, 0.15) is 5.56 Å². The summed E-state index contributed by atoms with van der Waals surface area (Å²) < 4.78 is 33.9. The van der Waals surface area contributed by atoms with Gasteiger partial charge in [-0.1, -0.05) is 0 Å². The molecule has 1 heterocycles. The number of nitrogens with one attached hydrogen (secondary N) is 1. The quantitative estimate of drug-likeness (QED) is 0.905. The molecule has 0 atom stereocenters. The molecular formula is C13H15F2N3O. The predicted molar refractivity (Wildman–Crippen MR) is 68.5 cm³/mol. The zero-order valence-electron chi connectivity index (χ0n) is 10.8. The van der Waals surface area contributed by atoms with Gasteiger partial charge in [-0.05, 0) is 18.6 Å². The van der Waals surface area contributed by atoms with E-state index in [2.05, 4.69) is 10.3 Å². The molecule has 0 aliphatic carbocycles. The first kappa shape index (κ1) is 13.5. The van der Waals surface area contributed by atoms with E-state index < -0.39 is 11.6 Å². The largest absolute Gasteiger partial charge is 0.383 e. The topological polar surface area (TPSA) is 39.1 Å². The molecule has 19 heavy (non-hydrogen) atoms. The minimum atomic E-state index is -0.514. The zero-order valence-corrected chi connectivity index (χ0v) is 10.8. The minimum absolute atomic E-state index is 0.0629. The van der Waals surface area contributed by atoms with Crippen LogP contribution < -0.4 is 5.32 Å². The number of hydrogen-bond donors (Lipinski definition) is 1. The van der Waals surface area contributed by atoms with E-state index in [1.165, 1.54) is 6.92 Å². The summed E-state index contributed by atoms with van der Waals surface area (Å²) in [4.78, 5) is 4.06. The Morgan fingerprint density at radius 2 is 2.11 bits per heavy atom. The van der Waals surface area contributed by atoms with Crippen molar-refractivity contribution in [3.8, 4) is 0 Å². The van der Waals surface area contributed by atoms with Crippen molar-refractivity contribution in [1.82, 2.24) is 9.55 Å². The van der Waals surface area contributed by atoms with Crippen molar-refractivity contribution in [2.24, 2.45) is 0 Å². The number of aryl methyl sites for hydroxylation is 1. The molecular weight excluding hydrogens is 252 g/mol.